The summed E-state index contributed by atoms with van der Waals surface area (Å²) < 4.78 is 2.08. The number of fused-ring (bicyclic) bond motifs is 1. The van der Waals surface area contributed by atoms with Crippen LogP contribution in [0.3, 0.4) is 0 Å². The van der Waals surface area contributed by atoms with Crippen LogP contribution in [0.5, 0.6) is 0 Å². The number of nitrogens with zero attached hydrogens (tertiary/aromatic N) is 2. The maximum atomic E-state index is 6.43. The van der Waals surface area contributed by atoms with Crippen LogP contribution in [0.1, 0.15) is 40.3 Å². The van der Waals surface area contributed by atoms with Crippen molar-refractivity contribution in [2.24, 2.45) is 17.1 Å². The number of hydrogen-bond donors (Lipinski definition) is 1. The average Bonchev–Trinajstić information content (AvgIpc) is 2.58. The van der Waals surface area contributed by atoms with Crippen LogP contribution in [-0.2, 0) is 12.0 Å². The van der Waals surface area contributed by atoms with Gasteiger partial charge in [0.15, 0.2) is 0 Å². The Morgan fingerprint density at radius 3 is 2.62 bits per heavy atom. The van der Waals surface area contributed by atoms with Crippen LogP contribution in [-0.4, -0.2) is 15.8 Å². The SMILES string of the molecule is CC(C)C1(C(C)(C)C)c2ccnn2C[C@H]1N. The zero-order chi connectivity index (χ0) is 12.1. The molecule has 0 aromatic carbocycles. The van der Waals surface area contributed by atoms with Gasteiger partial charge in [0.1, 0.15) is 0 Å². The molecule has 1 aromatic heterocycles. The molecular weight excluding hydrogens is 198 g/mol. The molecule has 90 valence electrons. The standard InChI is InChI=1S/C13H23N3/c1-9(2)13(12(3,4)5)10(14)8-16-11(13)6-7-15-16/h6-7,9-10H,8,14H2,1-5H3/t10-,13?/m1/s1. The highest BCUT2D eigenvalue weighted by atomic mass is 15.3. The highest BCUT2D eigenvalue weighted by Crippen LogP contribution is 2.52. The van der Waals surface area contributed by atoms with Gasteiger partial charge in [-0.1, -0.05) is 34.6 Å². The number of aromatic nitrogens is 2. The van der Waals surface area contributed by atoms with Gasteiger partial charge in [0.05, 0.1) is 6.54 Å². The van der Waals surface area contributed by atoms with Crippen LogP contribution in [0, 0.1) is 11.3 Å². The predicted octanol–water partition coefficient (Wildman–Crippen LogP) is 2.16. The van der Waals surface area contributed by atoms with E-state index in [0.717, 1.165) is 6.54 Å². The first-order valence-corrected chi connectivity index (χ1v) is 6.09. The summed E-state index contributed by atoms with van der Waals surface area (Å²) >= 11 is 0. The molecule has 0 saturated heterocycles. The minimum absolute atomic E-state index is 0.0312. The fraction of sp³-hybridized carbons (Fsp3) is 0.769. The Kier molecular flexibility index (Phi) is 2.42. The molecule has 0 bridgehead atoms. The predicted molar refractivity (Wildman–Crippen MR) is 66.2 cm³/mol. The van der Waals surface area contributed by atoms with Crippen molar-refractivity contribution < 1.29 is 0 Å². The lowest BCUT2D eigenvalue weighted by Gasteiger charge is -2.48. The quantitative estimate of drug-likeness (QED) is 0.790. The molecule has 2 rings (SSSR count). The van der Waals surface area contributed by atoms with Crippen LogP contribution >= 0.6 is 0 Å². The van der Waals surface area contributed by atoms with Crippen LogP contribution in [0.15, 0.2) is 12.3 Å². The molecule has 0 saturated carbocycles. The first-order valence-electron chi connectivity index (χ1n) is 6.09. The van der Waals surface area contributed by atoms with Crippen molar-refractivity contribution in [3.8, 4) is 0 Å². The summed E-state index contributed by atoms with van der Waals surface area (Å²) in [4.78, 5) is 0. The smallest absolute Gasteiger partial charge is 0.0573 e. The molecule has 0 fully saturated rings. The zero-order valence-electron chi connectivity index (χ0n) is 11.0. The molecular formula is C13H23N3. The first kappa shape index (κ1) is 11.6. The van der Waals surface area contributed by atoms with Gasteiger partial charge in [0.2, 0.25) is 0 Å². The van der Waals surface area contributed by atoms with Gasteiger partial charge in [-0.25, -0.2) is 0 Å². The second-order valence-corrected chi connectivity index (χ2v) is 6.28. The fourth-order valence-electron chi connectivity index (χ4n) is 3.88. The average molecular weight is 221 g/mol. The minimum atomic E-state index is 0.0312. The van der Waals surface area contributed by atoms with E-state index in [0.29, 0.717) is 5.92 Å². The zero-order valence-corrected chi connectivity index (χ0v) is 11.0. The molecule has 0 amide bonds. The summed E-state index contributed by atoms with van der Waals surface area (Å²) in [6, 6.07) is 2.30. The molecule has 2 heterocycles. The Hall–Kier alpha value is -0.830. The van der Waals surface area contributed by atoms with E-state index < -0.39 is 0 Å². The van der Waals surface area contributed by atoms with E-state index in [1.165, 1.54) is 5.69 Å². The van der Waals surface area contributed by atoms with Crippen molar-refractivity contribution >= 4 is 0 Å². The van der Waals surface area contributed by atoms with Crippen molar-refractivity contribution in [1.29, 1.82) is 0 Å². The molecule has 1 aromatic rings. The number of rotatable bonds is 1. The first-order chi connectivity index (χ1) is 7.31. The summed E-state index contributed by atoms with van der Waals surface area (Å²) in [5.74, 6) is 0.514. The van der Waals surface area contributed by atoms with E-state index in [1.54, 1.807) is 0 Å². The molecule has 1 aliphatic rings. The maximum absolute atomic E-state index is 6.43. The lowest BCUT2D eigenvalue weighted by molar-refractivity contribution is 0.102. The Morgan fingerprint density at radius 2 is 2.12 bits per heavy atom. The normalized spacial score (nSPS) is 29.8. The fourth-order valence-corrected chi connectivity index (χ4v) is 3.88. The molecule has 0 radical (unpaired) electrons. The van der Waals surface area contributed by atoms with Crippen LogP contribution < -0.4 is 5.73 Å². The largest absolute Gasteiger partial charge is 0.325 e. The van der Waals surface area contributed by atoms with Gasteiger partial charge >= 0.3 is 0 Å². The van der Waals surface area contributed by atoms with E-state index in [-0.39, 0.29) is 16.9 Å². The van der Waals surface area contributed by atoms with E-state index >= 15 is 0 Å². The molecule has 1 aliphatic heterocycles. The molecule has 0 spiro atoms. The Labute approximate surface area is 98.0 Å². The van der Waals surface area contributed by atoms with E-state index in [1.807, 2.05) is 6.20 Å². The molecule has 3 heteroatoms. The minimum Gasteiger partial charge on any atom is -0.325 e. The number of hydrogen-bond acceptors (Lipinski definition) is 2. The highest BCUT2D eigenvalue weighted by molar-refractivity contribution is 5.29. The highest BCUT2D eigenvalue weighted by Gasteiger charge is 2.55. The second kappa shape index (κ2) is 3.33. The third kappa shape index (κ3) is 1.21. The second-order valence-electron chi connectivity index (χ2n) is 6.28. The van der Waals surface area contributed by atoms with Crippen molar-refractivity contribution in [1.82, 2.24) is 9.78 Å². The molecule has 2 N–H and O–H groups in total. The van der Waals surface area contributed by atoms with E-state index in [9.17, 15) is 0 Å². The number of nitrogens with two attached hydrogens (primary N) is 1. The van der Waals surface area contributed by atoms with Gasteiger partial charge in [0.25, 0.3) is 0 Å². The van der Waals surface area contributed by atoms with Crippen molar-refractivity contribution in [3.63, 3.8) is 0 Å². The molecule has 0 aliphatic carbocycles. The lowest BCUT2D eigenvalue weighted by Crippen LogP contribution is -2.54. The molecule has 3 nitrogen and oxygen atoms in total. The van der Waals surface area contributed by atoms with Gasteiger partial charge in [-0.15, -0.1) is 0 Å². The maximum Gasteiger partial charge on any atom is 0.0573 e. The summed E-state index contributed by atoms with van der Waals surface area (Å²) in [6.45, 7) is 12.2. The Morgan fingerprint density at radius 1 is 1.50 bits per heavy atom. The Bertz CT molecular complexity index is 386. The van der Waals surface area contributed by atoms with Gasteiger partial charge < -0.3 is 5.73 Å². The van der Waals surface area contributed by atoms with Gasteiger partial charge in [-0.3, -0.25) is 4.68 Å². The van der Waals surface area contributed by atoms with E-state index in [4.69, 9.17) is 5.73 Å². The summed E-state index contributed by atoms with van der Waals surface area (Å²) in [5, 5.41) is 4.38. The third-order valence-corrected chi connectivity index (χ3v) is 4.25. The summed E-state index contributed by atoms with van der Waals surface area (Å²) in [5.41, 5.74) is 7.92. The van der Waals surface area contributed by atoms with Crippen LogP contribution in [0.4, 0.5) is 0 Å². The Balaban J connectivity index is 2.65. The van der Waals surface area contributed by atoms with E-state index in [2.05, 4.69) is 50.5 Å². The monoisotopic (exact) mass is 221 g/mol. The molecule has 2 atom stereocenters. The van der Waals surface area contributed by atoms with Crippen molar-refractivity contribution in [2.45, 2.75) is 52.6 Å². The summed E-state index contributed by atoms with van der Waals surface area (Å²) in [7, 11) is 0. The third-order valence-electron chi connectivity index (χ3n) is 4.25. The molecule has 16 heavy (non-hydrogen) atoms. The van der Waals surface area contributed by atoms with Crippen LogP contribution in [0.25, 0.3) is 0 Å². The van der Waals surface area contributed by atoms with Crippen molar-refractivity contribution in [3.05, 3.63) is 18.0 Å². The van der Waals surface area contributed by atoms with Gasteiger partial charge in [-0.2, -0.15) is 5.10 Å². The van der Waals surface area contributed by atoms with Gasteiger partial charge in [0, 0.05) is 23.3 Å². The lowest BCUT2D eigenvalue weighted by atomic mass is 9.56. The summed E-state index contributed by atoms with van der Waals surface area (Å²) in [6.07, 6.45) is 1.89. The van der Waals surface area contributed by atoms with Gasteiger partial charge in [-0.05, 0) is 17.4 Å². The van der Waals surface area contributed by atoms with Crippen LogP contribution in [0.2, 0.25) is 0 Å². The van der Waals surface area contributed by atoms with Crippen molar-refractivity contribution in [2.75, 3.05) is 0 Å². The molecule has 1 unspecified atom stereocenters. The topological polar surface area (TPSA) is 43.8 Å².